The molecule has 0 aromatic heterocycles. The van der Waals surface area contributed by atoms with Crippen LogP contribution in [0.25, 0.3) is 0 Å². The lowest BCUT2D eigenvalue weighted by atomic mass is 9.94. The second-order valence-corrected chi connectivity index (χ2v) is 6.66. The molecule has 122 valence electrons. The first-order valence-electron chi connectivity index (χ1n) is 9.40. The van der Waals surface area contributed by atoms with Crippen molar-refractivity contribution in [3.8, 4) is 0 Å². The number of unbranched alkanes of at least 4 members (excludes halogenated alkanes) is 10. The third-order valence-electron chi connectivity index (χ3n) is 4.52. The van der Waals surface area contributed by atoms with E-state index < -0.39 is 0 Å². The van der Waals surface area contributed by atoms with Crippen LogP contribution in [0.5, 0.6) is 0 Å². The molecule has 0 heterocycles. The third-order valence-corrected chi connectivity index (χ3v) is 4.52. The summed E-state index contributed by atoms with van der Waals surface area (Å²) in [6.07, 6.45) is 18.4. The second kappa shape index (κ2) is 15.4. The van der Waals surface area contributed by atoms with Crippen molar-refractivity contribution >= 4 is 0 Å². The van der Waals surface area contributed by atoms with Gasteiger partial charge >= 0.3 is 0 Å². The smallest absolute Gasteiger partial charge is 0.0565 e. The van der Waals surface area contributed by atoms with Gasteiger partial charge in [-0.1, -0.05) is 97.8 Å². The van der Waals surface area contributed by atoms with Crippen molar-refractivity contribution in [1.29, 1.82) is 0 Å². The summed E-state index contributed by atoms with van der Waals surface area (Å²) in [5, 5.41) is 10.1. The zero-order chi connectivity index (χ0) is 15.1. The Morgan fingerprint density at radius 1 is 0.600 bits per heavy atom. The van der Waals surface area contributed by atoms with Gasteiger partial charge in [-0.25, -0.2) is 0 Å². The molecule has 0 bridgehead atoms. The van der Waals surface area contributed by atoms with Gasteiger partial charge in [-0.05, 0) is 18.8 Å². The van der Waals surface area contributed by atoms with Crippen LogP contribution in [0.2, 0.25) is 0 Å². The monoisotopic (exact) mass is 284 g/mol. The predicted octanol–water partition coefficient (Wildman–Crippen LogP) is 6.48. The Bertz CT molecular complexity index is 179. The van der Waals surface area contributed by atoms with E-state index >= 15 is 0 Å². The van der Waals surface area contributed by atoms with E-state index in [1.807, 2.05) is 0 Å². The molecule has 1 nitrogen and oxygen atoms in total. The molecular formula is C19H40O. The average Bonchev–Trinajstić information content (AvgIpc) is 2.46. The van der Waals surface area contributed by atoms with Crippen LogP contribution < -0.4 is 0 Å². The number of hydrogen-bond acceptors (Lipinski definition) is 1. The Hall–Kier alpha value is -0.0400. The van der Waals surface area contributed by atoms with Gasteiger partial charge in [-0.3, -0.25) is 0 Å². The molecule has 0 rings (SSSR count). The Labute approximate surface area is 128 Å². The topological polar surface area (TPSA) is 20.2 Å². The Morgan fingerprint density at radius 2 is 1.05 bits per heavy atom. The summed E-state index contributed by atoms with van der Waals surface area (Å²) >= 11 is 0. The Kier molecular flexibility index (Phi) is 15.3. The maximum atomic E-state index is 10.1. The van der Waals surface area contributed by atoms with E-state index in [1.54, 1.807) is 0 Å². The van der Waals surface area contributed by atoms with E-state index in [2.05, 4.69) is 20.8 Å². The molecule has 1 N–H and O–H groups in total. The van der Waals surface area contributed by atoms with Crippen LogP contribution >= 0.6 is 0 Å². The van der Waals surface area contributed by atoms with Gasteiger partial charge in [0.05, 0.1) is 6.10 Å². The minimum atomic E-state index is -0.0596. The third kappa shape index (κ3) is 13.0. The normalized spacial score (nSPS) is 14.4. The Morgan fingerprint density at radius 3 is 1.55 bits per heavy atom. The molecule has 0 spiro atoms. The minimum Gasteiger partial charge on any atom is -0.393 e. The first-order valence-corrected chi connectivity index (χ1v) is 9.40. The van der Waals surface area contributed by atoms with Crippen LogP contribution in [0, 0.1) is 5.92 Å². The number of hydrogen-bond donors (Lipinski definition) is 1. The molecule has 0 saturated carbocycles. The van der Waals surface area contributed by atoms with Gasteiger partial charge in [0.2, 0.25) is 0 Å². The maximum absolute atomic E-state index is 10.1. The molecule has 0 aliphatic rings. The summed E-state index contributed by atoms with van der Waals surface area (Å²) in [7, 11) is 0. The second-order valence-electron chi connectivity index (χ2n) is 6.66. The van der Waals surface area contributed by atoms with E-state index in [0.717, 1.165) is 6.42 Å². The molecule has 0 aliphatic carbocycles. The molecule has 20 heavy (non-hydrogen) atoms. The fraction of sp³-hybridized carbons (Fsp3) is 1.00. The number of rotatable bonds is 15. The van der Waals surface area contributed by atoms with E-state index in [1.165, 1.54) is 83.5 Å². The van der Waals surface area contributed by atoms with Crippen molar-refractivity contribution in [1.82, 2.24) is 0 Å². The van der Waals surface area contributed by atoms with E-state index in [0.29, 0.717) is 5.92 Å². The molecule has 0 aliphatic heterocycles. The fourth-order valence-electron chi connectivity index (χ4n) is 2.84. The summed E-state index contributed by atoms with van der Waals surface area (Å²) in [6, 6.07) is 0. The van der Waals surface area contributed by atoms with E-state index in [9.17, 15) is 5.11 Å². The highest BCUT2D eigenvalue weighted by Crippen LogP contribution is 2.18. The summed E-state index contributed by atoms with van der Waals surface area (Å²) in [6.45, 7) is 6.70. The summed E-state index contributed by atoms with van der Waals surface area (Å²) in [5.74, 6) is 0.494. The van der Waals surface area contributed by atoms with Crippen molar-refractivity contribution in [3.63, 3.8) is 0 Å². The molecule has 0 saturated heterocycles. The van der Waals surface area contributed by atoms with E-state index in [-0.39, 0.29) is 6.10 Å². The standard InChI is InChI=1S/C19H40O/c1-4-6-8-9-10-11-12-13-14-15-17-19(20)18(3)16-7-5-2/h18-20H,4-17H2,1-3H3. The molecule has 0 radical (unpaired) electrons. The zero-order valence-corrected chi connectivity index (χ0v) is 14.5. The zero-order valence-electron chi connectivity index (χ0n) is 14.5. The Balaban J connectivity index is 3.22. The van der Waals surface area contributed by atoms with Gasteiger partial charge in [-0.2, -0.15) is 0 Å². The van der Waals surface area contributed by atoms with Crippen LogP contribution in [0.1, 0.15) is 111 Å². The van der Waals surface area contributed by atoms with Gasteiger partial charge in [0, 0.05) is 0 Å². The minimum absolute atomic E-state index is 0.0596. The van der Waals surface area contributed by atoms with Crippen molar-refractivity contribution < 1.29 is 5.11 Å². The van der Waals surface area contributed by atoms with Crippen molar-refractivity contribution in [2.45, 2.75) is 117 Å². The molecule has 2 unspecified atom stereocenters. The number of aliphatic hydroxyl groups is 1. The largest absolute Gasteiger partial charge is 0.393 e. The van der Waals surface area contributed by atoms with Gasteiger partial charge < -0.3 is 5.11 Å². The molecule has 1 heteroatoms. The summed E-state index contributed by atoms with van der Waals surface area (Å²) in [5.41, 5.74) is 0. The maximum Gasteiger partial charge on any atom is 0.0565 e. The fourth-order valence-corrected chi connectivity index (χ4v) is 2.84. The predicted molar refractivity (Wildman–Crippen MR) is 91.2 cm³/mol. The van der Waals surface area contributed by atoms with E-state index in [4.69, 9.17) is 0 Å². The van der Waals surface area contributed by atoms with Gasteiger partial charge in [0.1, 0.15) is 0 Å². The van der Waals surface area contributed by atoms with Gasteiger partial charge in [-0.15, -0.1) is 0 Å². The van der Waals surface area contributed by atoms with Crippen LogP contribution in [0.15, 0.2) is 0 Å². The first kappa shape index (κ1) is 20.0. The van der Waals surface area contributed by atoms with Crippen molar-refractivity contribution in [3.05, 3.63) is 0 Å². The van der Waals surface area contributed by atoms with Crippen LogP contribution in [-0.4, -0.2) is 11.2 Å². The first-order chi connectivity index (χ1) is 9.72. The highest BCUT2D eigenvalue weighted by Gasteiger charge is 2.12. The highest BCUT2D eigenvalue weighted by molar-refractivity contribution is 4.64. The summed E-state index contributed by atoms with van der Waals surface area (Å²) < 4.78 is 0. The molecular weight excluding hydrogens is 244 g/mol. The highest BCUT2D eigenvalue weighted by atomic mass is 16.3. The lowest BCUT2D eigenvalue weighted by Gasteiger charge is -2.18. The van der Waals surface area contributed by atoms with Crippen LogP contribution in [-0.2, 0) is 0 Å². The SMILES string of the molecule is CCCCCCCCCCCCC(O)C(C)CCCC. The molecule has 0 fully saturated rings. The number of aliphatic hydroxyl groups excluding tert-OH is 1. The van der Waals surface area contributed by atoms with Crippen LogP contribution in [0.4, 0.5) is 0 Å². The lowest BCUT2D eigenvalue weighted by molar-refractivity contribution is 0.0988. The van der Waals surface area contributed by atoms with Gasteiger partial charge in [0.25, 0.3) is 0 Å². The molecule has 0 aromatic rings. The average molecular weight is 285 g/mol. The van der Waals surface area contributed by atoms with Crippen molar-refractivity contribution in [2.75, 3.05) is 0 Å². The van der Waals surface area contributed by atoms with Gasteiger partial charge in [0.15, 0.2) is 0 Å². The molecule has 2 atom stereocenters. The van der Waals surface area contributed by atoms with Crippen molar-refractivity contribution in [2.24, 2.45) is 5.92 Å². The quantitative estimate of drug-likeness (QED) is 0.341. The lowest BCUT2D eigenvalue weighted by Crippen LogP contribution is -2.17. The summed E-state index contributed by atoms with van der Waals surface area (Å²) in [4.78, 5) is 0. The molecule has 0 aromatic carbocycles. The van der Waals surface area contributed by atoms with Crippen LogP contribution in [0.3, 0.4) is 0 Å². The molecule has 0 amide bonds.